The number of benzene rings is 2. The van der Waals surface area contributed by atoms with Gasteiger partial charge in [0.25, 0.3) is 0 Å². The lowest BCUT2D eigenvalue weighted by Gasteiger charge is -2.09. The van der Waals surface area contributed by atoms with Crippen LogP contribution >= 0.6 is 0 Å². The topological polar surface area (TPSA) is 35.8 Å². The van der Waals surface area contributed by atoms with E-state index in [0.717, 1.165) is 24.1 Å². The van der Waals surface area contributed by atoms with Crippen LogP contribution in [0.1, 0.15) is 23.5 Å². The van der Waals surface area contributed by atoms with E-state index in [9.17, 15) is 13.2 Å². The standard InChI is InChI=1S/C16H11F3N2/c17-11-3-1-10(2-4-11)12-7-15(12)21-16-13(18)5-9(8-20)6-14(16)19/h1-6,12,15,21H,7H2/t12-,15+/m0/s1. The second-order valence-corrected chi connectivity index (χ2v) is 5.07. The number of hydrogen-bond acceptors (Lipinski definition) is 2. The van der Waals surface area contributed by atoms with Gasteiger partial charge in [0.05, 0.1) is 11.6 Å². The molecular weight excluding hydrogens is 277 g/mol. The zero-order chi connectivity index (χ0) is 15.0. The number of nitrogens with zero attached hydrogens (tertiary/aromatic N) is 1. The Morgan fingerprint density at radius 3 is 2.24 bits per heavy atom. The molecule has 1 N–H and O–H groups in total. The van der Waals surface area contributed by atoms with Crippen molar-refractivity contribution < 1.29 is 13.2 Å². The Bertz CT molecular complexity index is 696. The van der Waals surface area contributed by atoms with Crippen molar-refractivity contribution in [1.29, 1.82) is 5.26 Å². The van der Waals surface area contributed by atoms with E-state index in [1.54, 1.807) is 18.2 Å². The third kappa shape index (κ3) is 2.70. The molecule has 2 atom stereocenters. The van der Waals surface area contributed by atoms with Crippen LogP contribution in [0.25, 0.3) is 0 Å². The van der Waals surface area contributed by atoms with Crippen molar-refractivity contribution in [2.45, 2.75) is 18.4 Å². The minimum atomic E-state index is -0.781. The summed E-state index contributed by atoms with van der Waals surface area (Å²) in [7, 11) is 0. The molecule has 0 aliphatic heterocycles. The van der Waals surface area contributed by atoms with E-state index in [1.165, 1.54) is 12.1 Å². The van der Waals surface area contributed by atoms with Gasteiger partial charge < -0.3 is 5.32 Å². The molecule has 1 aliphatic carbocycles. The van der Waals surface area contributed by atoms with E-state index >= 15 is 0 Å². The van der Waals surface area contributed by atoms with Gasteiger partial charge >= 0.3 is 0 Å². The second-order valence-electron chi connectivity index (χ2n) is 5.07. The Hall–Kier alpha value is -2.48. The van der Waals surface area contributed by atoms with Gasteiger partial charge in [0.15, 0.2) is 11.6 Å². The summed E-state index contributed by atoms with van der Waals surface area (Å²) in [5.41, 5.74) is 0.661. The summed E-state index contributed by atoms with van der Waals surface area (Å²) >= 11 is 0. The minimum absolute atomic E-state index is 0.0542. The Balaban J connectivity index is 1.75. The molecule has 0 spiro atoms. The maximum absolute atomic E-state index is 13.8. The molecule has 0 aromatic heterocycles. The first kappa shape index (κ1) is 13.5. The summed E-state index contributed by atoms with van der Waals surface area (Å²) in [6.07, 6.45) is 0.727. The molecule has 0 bridgehead atoms. The predicted octanol–water partition coefficient (Wildman–Crippen LogP) is 3.94. The first-order valence-electron chi connectivity index (χ1n) is 6.49. The van der Waals surface area contributed by atoms with Crippen LogP contribution in [-0.4, -0.2) is 6.04 Å². The van der Waals surface area contributed by atoms with Crippen molar-refractivity contribution in [2.24, 2.45) is 0 Å². The van der Waals surface area contributed by atoms with Crippen molar-refractivity contribution in [3.63, 3.8) is 0 Å². The van der Waals surface area contributed by atoms with Gasteiger partial charge in [-0.3, -0.25) is 0 Å². The summed E-state index contributed by atoms with van der Waals surface area (Å²) in [4.78, 5) is 0. The molecule has 5 heteroatoms. The maximum Gasteiger partial charge on any atom is 0.150 e. The minimum Gasteiger partial charge on any atom is -0.377 e. The highest BCUT2D eigenvalue weighted by molar-refractivity contribution is 5.53. The van der Waals surface area contributed by atoms with Crippen LogP contribution in [-0.2, 0) is 0 Å². The molecule has 0 heterocycles. The average molecular weight is 288 g/mol. The van der Waals surface area contributed by atoms with Gasteiger partial charge in [0.2, 0.25) is 0 Å². The molecule has 2 nitrogen and oxygen atoms in total. The van der Waals surface area contributed by atoms with Gasteiger partial charge in [0, 0.05) is 12.0 Å². The molecule has 0 unspecified atom stereocenters. The zero-order valence-corrected chi connectivity index (χ0v) is 10.9. The van der Waals surface area contributed by atoms with Crippen molar-refractivity contribution in [2.75, 3.05) is 5.32 Å². The Kier molecular flexibility index (Phi) is 3.30. The van der Waals surface area contributed by atoms with E-state index in [4.69, 9.17) is 5.26 Å². The summed E-state index contributed by atoms with van der Waals surface area (Å²) < 4.78 is 40.4. The van der Waals surface area contributed by atoms with Crippen molar-refractivity contribution in [3.05, 3.63) is 65.0 Å². The fourth-order valence-electron chi connectivity index (χ4n) is 2.39. The zero-order valence-electron chi connectivity index (χ0n) is 10.9. The first-order valence-corrected chi connectivity index (χ1v) is 6.49. The van der Waals surface area contributed by atoms with Gasteiger partial charge in [-0.25, -0.2) is 13.2 Å². The molecule has 2 aromatic carbocycles. The molecular formula is C16H11F3N2. The van der Waals surface area contributed by atoms with Gasteiger partial charge in [-0.1, -0.05) is 12.1 Å². The monoisotopic (exact) mass is 288 g/mol. The molecule has 2 aromatic rings. The van der Waals surface area contributed by atoms with Crippen molar-refractivity contribution in [1.82, 2.24) is 0 Å². The highest BCUT2D eigenvalue weighted by atomic mass is 19.1. The lowest BCUT2D eigenvalue weighted by atomic mass is 10.1. The SMILES string of the molecule is N#Cc1cc(F)c(N[C@@H]2C[C@H]2c2ccc(F)cc2)c(F)c1. The Morgan fingerprint density at radius 1 is 1.05 bits per heavy atom. The second kappa shape index (κ2) is 5.13. The molecule has 1 aliphatic rings. The van der Waals surface area contributed by atoms with Crippen LogP contribution in [0.4, 0.5) is 18.9 Å². The van der Waals surface area contributed by atoms with E-state index in [1.807, 2.05) is 0 Å². The normalized spacial score (nSPS) is 19.9. The van der Waals surface area contributed by atoms with Gasteiger partial charge in [-0.15, -0.1) is 0 Å². The van der Waals surface area contributed by atoms with E-state index in [-0.39, 0.29) is 29.0 Å². The van der Waals surface area contributed by atoms with Crippen LogP contribution in [0.5, 0.6) is 0 Å². The van der Waals surface area contributed by atoms with Gasteiger partial charge in [0.1, 0.15) is 11.5 Å². The summed E-state index contributed by atoms with van der Waals surface area (Å²) in [5, 5.41) is 11.5. The molecule has 1 saturated carbocycles. The lowest BCUT2D eigenvalue weighted by Crippen LogP contribution is -2.08. The van der Waals surface area contributed by atoms with Crippen LogP contribution in [0.15, 0.2) is 36.4 Å². The number of rotatable bonds is 3. The summed E-state index contributed by atoms with van der Waals surface area (Å²) in [6.45, 7) is 0. The Morgan fingerprint density at radius 2 is 1.67 bits per heavy atom. The third-order valence-corrected chi connectivity index (χ3v) is 3.59. The maximum atomic E-state index is 13.8. The quantitative estimate of drug-likeness (QED) is 0.928. The molecule has 0 saturated heterocycles. The molecule has 21 heavy (non-hydrogen) atoms. The van der Waals surface area contributed by atoms with Crippen LogP contribution < -0.4 is 5.32 Å². The number of nitriles is 1. The summed E-state index contributed by atoms with van der Waals surface area (Å²) in [6, 6.07) is 9.70. The van der Waals surface area contributed by atoms with E-state index in [0.29, 0.717) is 0 Å². The number of nitrogens with one attached hydrogen (secondary N) is 1. The van der Waals surface area contributed by atoms with Crippen LogP contribution in [0.3, 0.4) is 0 Å². The number of anilines is 1. The molecule has 0 amide bonds. The first-order chi connectivity index (χ1) is 10.1. The predicted molar refractivity (Wildman–Crippen MR) is 72.2 cm³/mol. The number of hydrogen-bond donors (Lipinski definition) is 1. The molecule has 3 rings (SSSR count). The Labute approximate surface area is 119 Å². The van der Waals surface area contributed by atoms with Crippen LogP contribution in [0, 0.1) is 28.8 Å². The third-order valence-electron chi connectivity index (χ3n) is 3.59. The molecule has 1 fully saturated rings. The number of halogens is 3. The highest BCUT2D eigenvalue weighted by Crippen LogP contribution is 2.43. The molecule has 106 valence electrons. The summed E-state index contributed by atoms with van der Waals surface area (Å²) in [5.74, 6) is -1.76. The van der Waals surface area contributed by atoms with E-state index in [2.05, 4.69) is 5.32 Å². The average Bonchev–Trinajstić information content (AvgIpc) is 3.22. The fourth-order valence-corrected chi connectivity index (χ4v) is 2.39. The van der Waals surface area contributed by atoms with E-state index < -0.39 is 11.6 Å². The highest BCUT2D eigenvalue weighted by Gasteiger charge is 2.39. The molecule has 0 radical (unpaired) electrons. The fraction of sp³-hybridized carbons (Fsp3) is 0.188. The van der Waals surface area contributed by atoms with Crippen molar-refractivity contribution in [3.8, 4) is 6.07 Å². The largest absolute Gasteiger partial charge is 0.377 e. The van der Waals surface area contributed by atoms with Crippen LogP contribution in [0.2, 0.25) is 0 Å². The van der Waals surface area contributed by atoms with Crippen molar-refractivity contribution >= 4 is 5.69 Å². The lowest BCUT2D eigenvalue weighted by molar-refractivity contribution is 0.587. The smallest absolute Gasteiger partial charge is 0.150 e. The van der Waals surface area contributed by atoms with Gasteiger partial charge in [-0.05, 0) is 36.2 Å². The van der Waals surface area contributed by atoms with Gasteiger partial charge in [-0.2, -0.15) is 5.26 Å².